The smallest absolute Gasteiger partial charge is 0.0304 e. The minimum Gasteiger partial charge on any atom is -0.280 e. The van der Waals surface area contributed by atoms with Crippen molar-refractivity contribution in [3.05, 3.63) is 11.5 Å². The summed E-state index contributed by atoms with van der Waals surface area (Å²) < 4.78 is 12.8. The van der Waals surface area contributed by atoms with E-state index in [4.69, 9.17) is 0 Å². The first kappa shape index (κ1) is 11.0. The van der Waals surface area contributed by atoms with Gasteiger partial charge >= 0.3 is 0 Å². The maximum Gasteiger partial charge on any atom is 0.0304 e. The van der Waals surface area contributed by atoms with Crippen molar-refractivity contribution in [1.29, 1.82) is 0 Å². The highest BCUT2D eigenvalue weighted by atomic mass is 32.2. The van der Waals surface area contributed by atoms with Crippen LogP contribution in [0.3, 0.4) is 0 Å². The SMILES string of the molecule is CCC1(CC)CC=C[SH]1(=O)C(C)C. The fourth-order valence-corrected chi connectivity index (χ4v) is 6.04. The summed E-state index contributed by atoms with van der Waals surface area (Å²) >= 11 is 0. The van der Waals surface area contributed by atoms with Gasteiger partial charge in [-0.05, 0) is 24.7 Å². The van der Waals surface area contributed by atoms with Crippen LogP contribution >= 0.6 is 0 Å². The van der Waals surface area contributed by atoms with Crippen molar-refractivity contribution in [3.63, 3.8) is 0 Å². The summed E-state index contributed by atoms with van der Waals surface area (Å²) in [4.78, 5) is 0. The van der Waals surface area contributed by atoms with Gasteiger partial charge in [0.15, 0.2) is 0 Å². The molecule has 0 aromatic carbocycles. The summed E-state index contributed by atoms with van der Waals surface area (Å²) in [7, 11) is -2.06. The molecule has 1 aliphatic rings. The van der Waals surface area contributed by atoms with Crippen LogP contribution in [0.5, 0.6) is 0 Å². The molecule has 1 heterocycles. The molecule has 1 aliphatic heterocycles. The third kappa shape index (κ3) is 1.39. The first-order valence-electron chi connectivity index (χ1n) is 5.29. The molecule has 0 saturated heterocycles. The summed E-state index contributed by atoms with van der Waals surface area (Å²) in [5, 5.41) is 2.33. The molecule has 0 aliphatic carbocycles. The Morgan fingerprint density at radius 1 is 1.38 bits per heavy atom. The molecule has 0 radical (unpaired) electrons. The van der Waals surface area contributed by atoms with Gasteiger partial charge in [-0.2, -0.15) is 0 Å². The van der Waals surface area contributed by atoms with E-state index >= 15 is 0 Å². The Kier molecular flexibility index (Phi) is 3.01. The first-order valence-corrected chi connectivity index (χ1v) is 7.14. The first-order chi connectivity index (χ1) is 6.02. The largest absolute Gasteiger partial charge is 0.280 e. The van der Waals surface area contributed by atoms with Crippen LogP contribution in [-0.4, -0.2) is 14.2 Å². The van der Waals surface area contributed by atoms with Crippen molar-refractivity contribution in [3.8, 4) is 0 Å². The van der Waals surface area contributed by atoms with Gasteiger partial charge in [-0.15, -0.1) is 0 Å². The van der Waals surface area contributed by atoms with Gasteiger partial charge < -0.3 is 0 Å². The Balaban J connectivity index is 3.08. The molecular weight excluding hydrogens is 180 g/mol. The van der Waals surface area contributed by atoms with Crippen LogP contribution < -0.4 is 0 Å². The summed E-state index contributed by atoms with van der Waals surface area (Å²) in [6, 6.07) is 0. The summed E-state index contributed by atoms with van der Waals surface area (Å²) in [6.45, 7) is 8.53. The van der Waals surface area contributed by atoms with Crippen LogP contribution in [0.4, 0.5) is 0 Å². The van der Waals surface area contributed by atoms with E-state index < -0.39 is 9.93 Å². The zero-order valence-corrected chi connectivity index (χ0v) is 10.1. The summed E-state index contributed by atoms with van der Waals surface area (Å²) in [5.74, 6) is 0. The van der Waals surface area contributed by atoms with E-state index in [9.17, 15) is 4.21 Å². The Morgan fingerprint density at radius 3 is 2.23 bits per heavy atom. The Labute approximate surface area is 83.0 Å². The third-order valence-corrected chi connectivity index (χ3v) is 8.14. The van der Waals surface area contributed by atoms with Gasteiger partial charge in [0, 0.05) is 10.00 Å². The lowest BCUT2D eigenvalue weighted by Gasteiger charge is -2.40. The predicted molar refractivity (Wildman–Crippen MR) is 61.7 cm³/mol. The lowest BCUT2D eigenvalue weighted by Crippen LogP contribution is -2.42. The molecule has 0 atom stereocenters. The molecule has 2 heteroatoms. The lowest BCUT2D eigenvalue weighted by atomic mass is 9.99. The molecular formula is C11H22OS. The van der Waals surface area contributed by atoms with E-state index in [1.54, 1.807) is 0 Å². The Morgan fingerprint density at radius 2 is 1.92 bits per heavy atom. The zero-order chi connectivity index (χ0) is 10.1. The molecule has 0 aromatic heterocycles. The topological polar surface area (TPSA) is 17.1 Å². The average molecular weight is 202 g/mol. The Bertz CT molecular complexity index is 249. The van der Waals surface area contributed by atoms with E-state index in [2.05, 4.69) is 33.8 Å². The van der Waals surface area contributed by atoms with Crippen molar-refractivity contribution >= 4 is 9.93 Å². The van der Waals surface area contributed by atoms with Crippen LogP contribution in [0.2, 0.25) is 0 Å². The minimum atomic E-state index is -2.06. The molecule has 0 fully saturated rings. The van der Waals surface area contributed by atoms with Gasteiger partial charge in [0.25, 0.3) is 0 Å². The molecule has 13 heavy (non-hydrogen) atoms. The van der Waals surface area contributed by atoms with E-state index in [0.29, 0.717) is 5.25 Å². The monoisotopic (exact) mass is 202 g/mol. The minimum absolute atomic E-state index is 0.0984. The van der Waals surface area contributed by atoms with Crippen molar-refractivity contribution in [2.75, 3.05) is 0 Å². The van der Waals surface area contributed by atoms with E-state index in [0.717, 1.165) is 19.3 Å². The molecule has 0 saturated carbocycles. The lowest BCUT2D eigenvalue weighted by molar-refractivity contribution is 0.522. The number of hydrogen-bond acceptors (Lipinski definition) is 1. The molecule has 1 nitrogen and oxygen atoms in total. The highest BCUT2D eigenvalue weighted by Crippen LogP contribution is 2.44. The van der Waals surface area contributed by atoms with Crippen LogP contribution in [0.15, 0.2) is 11.5 Å². The average Bonchev–Trinajstić information content (AvgIpc) is 2.45. The molecule has 1 rings (SSSR count). The van der Waals surface area contributed by atoms with Gasteiger partial charge in [-0.1, -0.05) is 43.7 Å². The highest BCUT2D eigenvalue weighted by molar-refractivity contribution is 8.07. The number of allylic oxidation sites excluding steroid dienone is 1. The van der Waals surface area contributed by atoms with Crippen LogP contribution in [-0.2, 0) is 9.93 Å². The highest BCUT2D eigenvalue weighted by Gasteiger charge is 2.43. The third-order valence-electron chi connectivity index (χ3n) is 3.65. The fraction of sp³-hybridized carbons (Fsp3) is 0.818. The second kappa shape index (κ2) is 3.56. The maximum absolute atomic E-state index is 12.7. The standard InChI is InChI=1S/C11H22OS/c1-5-11(6-2)8-7-9-13(11,12)10(3)4/h7,9-10,13H,5-6,8H2,1-4H3. The molecule has 0 bridgehead atoms. The quantitative estimate of drug-likeness (QED) is 0.696. The summed E-state index contributed by atoms with van der Waals surface area (Å²) in [5.41, 5.74) is 0. The molecule has 0 spiro atoms. The van der Waals surface area contributed by atoms with Gasteiger partial charge in [-0.3, -0.25) is 4.21 Å². The van der Waals surface area contributed by atoms with Crippen LogP contribution in [0.1, 0.15) is 47.0 Å². The van der Waals surface area contributed by atoms with Crippen molar-refractivity contribution < 1.29 is 4.21 Å². The summed E-state index contributed by atoms with van der Waals surface area (Å²) in [6.07, 6.45) is 5.25. The number of thiol groups is 1. The molecule has 0 aromatic rings. The molecule has 78 valence electrons. The van der Waals surface area contributed by atoms with E-state index in [1.807, 2.05) is 5.41 Å². The van der Waals surface area contributed by atoms with Gasteiger partial charge in [-0.25, -0.2) is 0 Å². The van der Waals surface area contributed by atoms with Gasteiger partial charge in [0.1, 0.15) is 0 Å². The van der Waals surface area contributed by atoms with Crippen molar-refractivity contribution in [1.82, 2.24) is 0 Å². The number of hydrogen-bond donors (Lipinski definition) is 1. The predicted octanol–water partition coefficient (Wildman–Crippen LogP) is 2.89. The van der Waals surface area contributed by atoms with Gasteiger partial charge in [0.2, 0.25) is 0 Å². The fourth-order valence-electron chi connectivity index (χ4n) is 2.48. The van der Waals surface area contributed by atoms with Gasteiger partial charge in [0.05, 0.1) is 0 Å². The van der Waals surface area contributed by atoms with Crippen molar-refractivity contribution in [2.24, 2.45) is 0 Å². The van der Waals surface area contributed by atoms with Crippen molar-refractivity contribution in [2.45, 2.75) is 57.0 Å². The Hall–Kier alpha value is -0.110. The van der Waals surface area contributed by atoms with E-state index in [1.165, 1.54) is 0 Å². The second-order valence-electron chi connectivity index (χ2n) is 4.32. The van der Waals surface area contributed by atoms with E-state index in [-0.39, 0.29) is 4.75 Å². The molecule has 0 N–H and O–H groups in total. The zero-order valence-electron chi connectivity index (χ0n) is 9.21. The molecule has 0 unspecified atom stereocenters. The van der Waals surface area contributed by atoms with Crippen LogP contribution in [0, 0.1) is 0 Å². The second-order valence-corrected chi connectivity index (χ2v) is 8.02. The molecule has 0 amide bonds. The van der Waals surface area contributed by atoms with Crippen LogP contribution in [0.25, 0.3) is 0 Å². The number of rotatable bonds is 3. The maximum atomic E-state index is 12.7. The normalized spacial score (nSPS) is 26.5.